The molecule has 1 atom stereocenters. The maximum atomic E-state index is 11.6. The van der Waals surface area contributed by atoms with Gasteiger partial charge in [0.1, 0.15) is 0 Å². The van der Waals surface area contributed by atoms with Crippen molar-refractivity contribution in [3.63, 3.8) is 0 Å². The molecule has 0 aromatic heterocycles. The molecule has 1 N–H and O–H groups in total. The number of aliphatic hydroxyl groups is 1. The number of rotatable bonds is 13. The van der Waals surface area contributed by atoms with Crippen molar-refractivity contribution in [1.82, 2.24) is 0 Å². The topological polar surface area (TPSA) is 63.6 Å². The first-order chi connectivity index (χ1) is 11.1. The number of hydrogen-bond donors (Lipinski definition) is 1. The zero-order valence-corrected chi connectivity index (χ0v) is 14.4. The molecule has 1 unspecified atom stereocenters. The molecule has 4 nitrogen and oxygen atoms in total. The number of aliphatic hydroxyl groups excluding tert-OH is 1. The number of allylic oxidation sites excluding steroid dienone is 5. The van der Waals surface area contributed by atoms with Gasteiger partial charge in [-0.2, -0.15) is 0 Å². The van der Waals surface area contributed by atoms with Crippen molar-refractivity contribution in [2.75, 3.05) is 7.11 Å². The van der Waals surface area contributed by atoms with Gasteiger partial charge in [0.25, 0.3) is 0 Å². The van der Waals surface area contributed by atoms with Crippen molar-refractivity contribution in [2.45, 2.75) is 64.4 Å². The van der Waals surface area contributed by atoms with Gasteiger partial charge in [0, 0.05) is 12.8 Å². The molecule has 0 aliphatic carbocycles. The Morgan fingerprint density at radius 3 is 2.30 bits per heavy atom. The van der Waals surface area contributed by atoms with Gasteiger partial charge in [-0.25, -0.2) is 0 Å². The molecule has 0 rings (SSSR count). The first kappa shape index (κ1) is 21.3. The van der Waals surface area contributed by atoms with Crippen LogP contribution in [0.3, 0.4) is 0 Å². The highest BCUT2D eigenvalue weighted by Crippen LogP contribution is 2.06. The lowest BCUT2D eigenvalue weighted by molar-refractivity contribution is -0.140. The smallest absolute Gasteiger partial charge is 0.305 e. The second kappa shape index (κ2) is 15.2. The Kier molecular flexibility index (Phi) is 14.1. The molecular weight excluding hydrogens is 292 g/mol. The van der Waals surface area contributed by atoms with Gasteiger partial charge in [-0.3, -0.25) is 9.59 Å². The van der Waals surface area contributed by atoms with Crippen molar-refractivity contribution in [2.24, 2.45) is 0 Å². The predicted molar refractivity (Wildman–Crippen MR) is 93.1 cm³/mol. The number of ketones is 1. The van der Waals surface area contributed by atoms with Gasteiger partial charge in [0.15, 0.2) is 5.78 Å². The highest BCUT2D eigenvalue weighted by Gasteiger charge is 2.00. The third-order valence-corrected chi connectivity index (χ3v) is 3.31. The van der Waals surface area contributed by atoms with E-state index in [1.165, 1.54) is 7.11 Å². The van der Waals surface area contributed by atoms with Crippen LogP contribution in [-0.2, 0) is 14.3 Å². The van der Waals surface area contributed by atoms with E-state index in [1.807, 2.05) is 6.92 Å². The maximum absolute atomic E-state index is 11.6. The molecule has 0 fully saturated rings. The first-order valence-corrected chi connectivity index (χ1v) is 8.39. The van der Waals surface area contributed by atoms with Gasteiger partial charge in [0.05, 0.1) is 13.2 Å². The maximum Gasteiger partial charge on any atom is 0.305 e. The van der Waals surface area contributed by atoms with E-state index in [0.29, 0.717) is 12.8 Å². The third kappa shape index (κ3) is 15.0. The Balaban J connectivity index is 3.67. The average Bonchev–Trinajstić information content (AvgIpc) is 2.53. The Labute approximate surface area is 139 Å². The van der Waals surface area contributed by atoms with Crippen LogP contribution < -0.4 is 0 Å². The minimum Gasteiger partial charge on any atom is -0.469 e. The number of carbonyl (C=O) groups excluding carboxylic acids is 2. The summed E-state index contributed by atoms with van der Waals surface area (Å²) in [6.07, 6.45) is 16.3. The lowest BCUT2D eigenvalue weighted by Gasteiger charge is -1.99. The van der Waals surface area contributed by atoms with Crippen molar-refractivity contribution in [3.05, 3.63) is 36.5 Å². The molecule has 0 amide bonds. The summed E-state index contributed by atoms with van der Waals surface area (Å²) in [5, 5.41) is 9.48. The summed E-state index contributed by atoms with van der Waals surface area (Å²) < 4.78 is 4.56. The van der Waals surface area contributed by atoms with Gasteiger partial charge >= 0.3 is 5.97 Å². The number of esters is 1. The molecule has 0 bridgehead atoms. The minimum atomic E-state index is -0.394. The molecule has 0 aromatic carbocycles. The zero-order chi connectivity index (χ0) is 17.3. The Morgan fingerprint density at radius 2 is 1.65 bits per heavy atom. The number of methoxy groups -OCH3 is 1. The van der Waals surface area contributed by atoms with E-state index in [0.717, 1.165) is 38.5 Å². The summed E-state index contributed by atoms with van der Waals surface area (Å²) in [6, 6.07) is 0. The van der Waals surface area contributed by atoms with Crippen molar-refractivity contribution < 1.29 is 19.4 Å². The van der Waals surface area contributed by atoms with E-state index in [4.69, 9.17) is 0 Å². The van der Waals surface area contributed by atoms with E-state index in [2.05, 4.69) is 4.74 Å². The van der Waals surface area contributed by atoms with Crippen LogP contribution in [0.5, 0.6) is 0 Å². The summed E-state index contributed by atoms with van der Waals surface area (Å²) in [7, 11) is 1.39. The van der Waals surface area contributed by atoms with Crippen LogP contribution in [0.4, 0.5) is 0 Å². The Morgan fingerprint density at radius 1 is 1.00 bits per heavy atom. The van der Waals surface area contributed by atoms with E-state index < -0.39 is 6.10 Å². The fourth-order valence-corrected chi connectivity index (χ4v) is 1.98. The molecule has 0 spiro atoms. The molecular formula is C19H30O4. The largest absolute Gasteiger partial charge is 0.469 e. The molecule has 23 heavy (non-hydrogen) atoms. The summed E-state index contributed by atoms with van der Waals surface area (Å²) in [6.45, 7) is 2.03. The zero-order valence-electron chi connectivity index (χ0n) is 14.4. The normalized spacial score (nSPS) is 13.2. The molecule has 0 aliphatic rings. The van der Waals surface area contributed by atoms with Crippen molar-refractivity contribution in [1.29, 1.82) is 0 Å². The molecule has 0 saturated carbocycles. The third-order valence-electron chi connectivity index (χ3n) is 3.31. The van der Waals surface area contributed by atoms with Crippen LogP contribution in [0.1, 0.15) is 58.3 Å². The highest BCUT2D eigenvalue weighted by atomic mass is 16.5. The van der Waals surface area contributed by atoms with Crippen LogP contribution >= 0.6 is 0 Å². The standard InChI is InChI=1S/C19H30O4/c1-3-12-17(20)13-8-4-5-9-14-18(21)15-10-6-7-11-16-19(22)23-2/h4-5,8-9,13-14,17,20H,3,6-7,10-12,15-16H2,1-2H3. The fraction of sp³-hybridized carbons (Fsp3) is 0.579. The van der Waals surface area contributed by atoms with E-state index in [9.17, 15) is 14.7 Å². The second-order valence-electron chi connectivity index (χ2n) is 5.44. The van der Waals surface area contributed by atoms with Gasteiger partial charge in [0.2, 0.25) is 0 Å². The first-order valence-electron chi connectivity index (χ1n) is 8.39. The van der Waals surface area contributed by atoms with E-state index in [-0.39, 0.29) is 11.8 Å². The molecule has 0 aromatic rings. The van der Waals surface area contributed by atoms with Gasteiger partial charge in [-0.15, -0.1) is 0 Å². The molecule has 130 valence electrons. The monoisotopic (exact) mass is 322 g/mol. The van der Waals surface area contributed by atoms with Crippen molar-refractivity contribution in [3.8, 4) is 0 Å². The Hall–Kier alpha value is -1.68. The molecule has 0 aliphatic heterocycles. The van der Waals surface area contributed by atoms with Gasteiger partial charge in [-0.1, -0.05) is 56.6 Å². The van der Waals surface area contributed by atoms with Crippen molar-refractivity contribution >= 4 is 11.8 Å². The number of unbranched alkanes of at least 4 members (excludes halogenated alkanes) is 3. The highest BCUT2D eigenvalue weighted by molar-refractivity contribution is 5.89. The lowest BCUT2D eigenvalue weighted by atomic mass is 10.1. The van der Waals surface area contributed by atoms with Crippen LogP contribution in [0, 0.1) is 0 Å². The summed E-state index contributed by atoms with van der Waals surface area (Å²) in [4.78, 5) is 22.5. The summed E-state index contributed by atoms with van der Waals surface area (Å²) in [5.41, 5.74) is 0. The van der Waals surface area contributed by atoms with Crippen LogP contribution in [0.2, 0.25) is 0 Å². The SMILES string of the molecule is CCCC(O)C=CC=CC=CC(=O)CCCCCCC(=O)OC. The lowest BCUT2D eigenvalue weighted by Crippen LogP contribution is -1.99. The molecule has 0 saturated heterocycles. The van der Waals surface area contributed by atoms with E-state index in [1.54, 1.807) is 36.5 Å². The quantitative estimate of drug-likeness (QED) is 0.242. The van der Waals surface area contributed by atoms with Crippen LogP contribution in [0.15, 0.2) is 36.5 Å². The minimum absolute atomic E-state index is 0.109. The summed E-state index contributed by atoms with van der Waals surface area (Å²) >= 11 is 0. The number of ether oxygens (including phenoxy) is 1. The fourth-order valence-electron chi connectivity index (χ4n) is 1.98. The number of carbonyl (C=O) groups is 2. The molecule has 0 radical (unpaired) electrons. The van der Waals surface area contributed by atoms with Gasteiger partial charge < -0.3 is 9.84 Å². The predicted octanol–water partition coefficient (Wildman–Crippen LogP) is 3.90. The van der Waals surface area contributed by atoms with E-state index >= 15 is 0 Å². The average molecular weight is 322 g/mol. The summed E-state index contributed by atoms with van der Waals surface area (Å²) in [5.74, 6) is -0.0651. The second-order valence-corrected chi connectivity index (χ2v) is 5.44. The molecule has 4 heteroatoms. The van der Waals surface area contributed by atoms with Crippen LogP contribution in [0.25, 0.3) is 0 Å². The number of hydrogen-bond acceptors (Lipinski definition) is 4. The molecule has 0 heterocycles. The van der Waals surface area contributed by atoms with Crippen LogP contribution in [-0.4, -0.2) is 30.1 Å². The Bertz CT molecular complexity index is 408. The van der Waals surface area contributed by atoms with Gasteiger partial charge in [-0.05, 0) is 25.3 Å².